The van der Waals surface area contributed by atoms with E-state index < -0.39 is 5.97 Å². The Labute approximate surface area is 121 Å². The minimum atomic E-state index is -0.427. The monoisotopic (exact) mass is 291 g/mol. The van der Waals surface area contributed by atoms with Gasteiger partial charge in [-0.15, -0.1) is 11.3 Å². The Bertz CT molecular complexity index is 637. The molecule has 0 aliphatic rings. The number of nitrogens with zero attached hydrogens (tertiary/aromatic N) is 1. The zero-order valence-electron chi connectivity index (χ0n) is 11.7. The van der Waals surface area contributed by atoms with Gasteiger partial charge in [0.05, 0.1) is 29.7 Å². The molecule has 0 aliphatic heterocycles. The number of nitrogens with two attached hydrogens (primary N) is 1. The van der Waals surface area contributed by atoms with Gasteiger partial charge in [0.25, 0.3) is 0 Å². The van der Waals surface area contributed by atoms with E-state index in [0.29, 0.717) is 16.9 Å². The van der Waals surface area contributed by atoms with E-state index in [2.05, 4.69) is 17.2 Å². The van der Waals surface area contributed by atoms with Crippen LogP contribution in [0.15, 0.2) is 18.2 Å². The maximum Gasteiger partial charge on any atom is 0.340 e. The molecule has 1 aromatic heterocycles. The van der Waals surface area contributed by atoms with Crippen molar-refractivity contribution >= 4 is 33.8 Å². The van der Waals surface area contributed by atoms with Gasteiger partial charge >= 0.3 is 5.97 Å². The Morgan fingerprint density at radius 1 is 1.50 bits per heavy atom. The van der Waals surface area contributed by atoms with Gasteiger partial charge < -0.3 is 15.8 Å². The molecule has 5 nitrogen and oxygen atoms in total. The molecule has 0 fully saturated rings. The lowest BCUT2D eigenvalue weighted by Gasteiger charge is -2.11. The second kappa shape index (κ2) is 5.92. The molecule has 20 heavy (non-hydrogen) atoms. The summed E-state index contributed by atoms with van der Waals surface area (Å²) in [4.78, 5) is 17.4. The van der Waals surface area contributed by atoms with E-state index in [1.54, 1.807) is 29.5 Å². The predicted molar refractivity (Wildman–Crippen MR) is 81.7 cm³/mol. The van der Waals surface area contributed by atoms with Gasteiger partial charge in [0, 0.05) is 4.88 Å². The fourth-order valence-corrected chi connectivity index (χ4v) is 2.81. The Morgan fingerprint density at radius 3 is 2.85 bits per heavy atom. The molecule has 0 atom stereocenters. The standard InChI is InChI=1S/C14H17N3O2S/c1-4-11-8(2)20-14(16-11)17-12-9(13(18)19-3)6-5-7-10(12)15/h5-7H,4,15H2,1-3H3,(H,16,17). The molecule has 1 heterocycles. The molecular weight excluding hydrogens is 274 g/mol. The zero-order chi connectivity index (χ0) is 14.7. The summed E-state index contributed by atoms with van der Waals surface area (Å²) in [5.74, 6) is -0.427. The number of anilines is 3. The van der Waals surface area contributed by atoms with Crippen LogP contribution in [0.25, 0.3) is 0 Å². The molecule has 0 unspecified atom stereocenters. The molecule has 106 valence electrons. The molecule has 6 heteroatoms. The molecule has 0 radical (unpaired) electrons. The summed E-state index contributed by atoms with van der Waals surface area (Å²) in [6.07, 6.45) is 0.873. The Hall–Kier alpha value is -2.08. The molecule has 0 spiro atoms. The highest BCUT2D eigenvalue weighted by Gasteiger charge is 2.16. The Kier molecular flexibility index (Phi) is 4.24. The van der Waals surface area contributed by atoms with Crippen molar-refractivity contribution in [3.63, 3.8) is 0 Å². The summed E-state index contributed by atoms with van der Waals surface area (Å²) in [7, 11) is 1.35. The molecular formula is C14H17N3O2S. The maximum absolute atomic E-state index is 11.8. The lowest BCUT2D eigenvalue weighted by Crippen LogP contribution is -2.07. The third-order valence-electron chi connectivity index (χ3n) is 2.96. The molecule has 0 amide bonds. The van der Waals surface area contributed by atoms with E-state index in [0.717, 1.165) is 22.1 Å². The molecule has 0 aliphatic carbocycles. The quantitative estimate of drug-likeness (QED) is 0.668. The molecule has 3 N–H and O–H groups in total. The first-order valence-electron chi connectivity index (χ1n) is 6.27. The highest BCUT2D eigenvalue weighted by molar-refractivity contribution is 7.15. The van der Waals surface area contributed by atoms with Crippen molar-refractivity contribution in [2.75, 3.05) is 18.2 Å². The predicted octanol–water partition coefficient (Wildman–Crippen LogP) is 3.13. The van der Waals surface area contributed by atoms with Crippen LogP contribution in [0.1, 0.15) is 27.9 Å². The van der Waals surface area contributed by atoms with Gasteiger partial charge in [0.1, 0.15) is 0 Å². The van der Waals surface area contributed by atoms with Gasteiger partial charge in [-0.1, -0.05) is 13.0 Å². The zero-order valence-corrected chi connectivity index (χ0v) is 12.5. The van der Waals surface area contributed by atoms with Gasteiger partial charge in [0.15, 0.2) is 5.13 Å². The number of ether oxygens (including phenoxy) is 1. The first-order valence-corrected chi connectivity index (χ1v) is 7.08. The smallest absolute Gasteiger partial charge is 0.340 e. The second-order valence-electron chi connectivity index (χ2n) is 4.26. The first kappa shape index (κ1) is 14.3. The topological polar surface area (TPSA) is 77.2 Å². The van der Waals surface area contributed by atoms with Gasteiger partial charge in [0.2, 0.25) is 0 Å². The molecule has 0 saturated heterocycles. The fraction of sp³-hybridized carbons (Fsp3) is 0.286. The molecule has 0 saturated carbocycles. The van der Waals surface area contributed by atoms with Gasteiger partial charge in [-0.3, -0.25) is 0 Å². The fourth-order valence-electron chi connectivity index (χ4n) is 1.91. The summed E-state index contributed by atoms with van der Waals surface area (Å²) in [5, 5.41) is 3.86. The number of hydrogen-bond donors (Lipinski definition) is 2. The van der Waals surface area contributed by atoms with Crippen molar-refractivity contribution in [1.29, 1.82) is 0 Å². The van der Waals surface area contributed by atoms with Gasteiger partial charge in [-0.25, -0.2) is 9.78 Å². The lowest BCUT2D eigenvalue weighted by molar-refractivity contribution is 0.0602. The summed E-state index contributed by atoms with van der Waals surface area (Å²) in [6, 6.07) is 5.12. The minimum absolute atomic E-state index is 0.401. The number of aryl methyl sites for hydroxylation is 2. The average molecular weight is 291 g/mol. The van der Waals surface area contributed by atoms with E-state index in [4.69, 9.17) is 10.5 Å². The summed E-state index contributed by atoms with van der Waals surface area (Å²) in [5.41, 5.74) is 8.42. The van der Waals surface area contributed by atoms with Crippen molar-refractivity contribution in [3.05, 3.63) is 34.3 Å². The number of methoxy groups -OCH3 is 1. The summed E-state index contributed by atoms with van der Waals surface area (Å²) in [6.45, 7) is 4.08. The number of hydrogen-bond acceptors (Lipinski definition) is 6. The normalized spacial score (nSPS) is 10.3. The van der Waals surface area contributed by atoms with Crippen LogP contribution in [0.2, 0.25) is 0 Å². The van der Waals surface area contributed by atoms with Crippen molar-refractivity contribution in [3.8, 4) is 0 Å². The number of benzene rings is 1. The van der Waals surface area contributed by atoms with Crippen molar-refractivity contribution in [1.82, 2.24) is 4.98 Å². The molecule has 2 rings (SSSR count). The SMILES string of the molecule is CCc1nc(Nc2c(N)cccc2C(=O)OC)sc1C. The summed E-state index contributed by atoms with van der Waals surface area (Å²) >= 11 is 1.54. The highest BCUT2D eigenvalue weighted by Crippen LogP contribution is 2.31. The van der Waals surface area contributed by atoms with Crippen molar-refractivity contribution in [2.24, 2.45) is 0 Å². The van der Waals surface area contributed by atoms with E-state index in [1.807, 2.05) is 6.92 Å². The number of aromatic nitrogens is 1. The Morgan fingerprint density at radius 2 is 2.25 bits per heavy atom. The number of carbonyl (C=O) groups excluding carboxylic acids is 1. The lowest BCUT2D eigenvalue weighted by atomic mass is 10.1. The highest BCUT2D eigenvalue weighted by atomic mass is 32.1. The number of rotatable bonds is 4. The third-order valence-corrected chi connectivity index (χ3v) is 3.89. The van der Waals surface area contributed by atoms with Crippen LogP contribution < -0.4 is 11.1 Å². The second-order valence-corrected chi connectivity index (χ2v) is 5.47. The number of nitrogens with one attached hydrogen (secondary N) is 1. The van der Waals surface area contributed by atoms with E-state index in [9.17, 15) is 4.79 Å². The maximum atomic E-state index is 11.8. The molecule has 2 aromatic rings. The van der Waals surface area contributed by atoms with E-state index >= 15 is 0 Å². The van der Waals surface area contributed by atoms with Crippen molar-refractivity contribution in [2.45, 2.75) is 20.3 Å². The van der Waals surface area contributed by atoms with Crippen LogP contribution in [0.3, 0.4) is 0 Å². The van der Waals surface area contributed by atoms with Crippen LogP contribution in [0, 0.1) is 6.92 Å². The van der Waals surface area contributed by atoms with Crippen LogP contribution in [0.4, 0.5) is 16.5 Å². The van der Waals surface area contributed by atoms with E-state index in [1.165, 1.54) is 7.11 Å². The van der Waals surface area contributed by atoms with Crippen LogP contribution in [0.5, 0.6) is 0 Å². The number of para-hydroxylation sites is 1. The largest absolute Gasteiger partial charge is 0.465 e. The minimum Gasteiger partial charge on any atom is -0.465 e. The van der Waals surface area contributed by atoms with Gasteiger partial charge in [-0.05, 0) is 25.5 Å². The van der Waals surface area contributed by atoms with Crippen molar-refractivity contribution < 1.29 is 9.53 Å². The third kappa shape index (κ3) is 2.75. The molecule has 1 aromatic carbocycles. The number of thiazole rings is 1. The number of nitrogen functional groups attached to an aromatic ring is 1. The number of carbonyl (C=O) groups is 1. The average Bonchev–Trinajstić information content (AvgIpc) is 2.80. The first-order chi connectivity index (χ1) is 9.56. The Balaban J connectivity index is 2.39. The van der Waals surface area contributed by atoms with E-state index in [-0.39, 0.29) is 0 Å². The summed E-state index contributed by atoms with van der Waals surface area (Å²) < 4.78 is 4.77. The van der Waals surface area contributed by atoms with Crippen LogP contribution in [-0.4, -0.2) is 18.1 Å². The van der Waals surface area contributed by atoms with Crippen LogP contribution in [-0.2, 0) is 11.2 Å². The van der Waals surface area contributed by atoms with Crippen LogP contribution >= 0.6 is 11.3 Å². The number of esters is 1. The van der Waals surface area contributed by atoms with Gasteiger partial charge in [-0.2, -0.15) is 0 Å². The molecule has 0 bridgehead atoms.